The molecule has 0 atom stereocenters. The first-order valence-corrected chi connectivity index (χ1v) is 4.07. The van der Waals surface area contributed by atoms with Gasteiger partial charge < -0.3 is 0 Å². The number of hydrogen-bond donors (Lipinski definition) is 0. The summed E-state index contributed by atoms with van der Waals surface area (Å²) >= 11 is 11.5. The Bertz CT molecular complexity index is 289. The predicted molar refractivity (Wildman–Crippen MR) is 49.3 cm³/mol. The maximum atomic E-state index is 10.9. The minimum absolute atomic E-state index is 0.130. The molecule has 1 aromatic rings. The standard InChI is InChI=1S/C7H8Cl2N2O/c1-5(12)10(2)11-6(8)3-4-7(11)9/h3-4H,1-2H3. The summed E-state index contributed by atoms with van der Waals surface area (Å²) in [5, 5.41) is 2.17. The van der Waals surface area contributed by atoms with E-state index in [1.54, 1.807) is 19.2 Å². The molecular weight excluding hydrogens is 199 g/mol. The molecular formula is C7H8Cl2N2O. The van der Waals surface area contributed by atoms with Gasteiger partial charge in [0.1, 0.15) is 10.3 Å². The van der Waals surface area contributed by atoms with Crippen LogP contribution in [0.25, 0.3) is 0 Å². The Morgan fingerprint density at radius 2 is 1.83 bits per heavy atom. The van der Waals surface area contributed by atoms with E-state index in [2.05, 4.69) is 0 Å². The lowest BCUT2D eigenvalue weighted by atomic mass is 10.7. The summed E-state index contributed by atoms with van der Waals surface area (Å²) in [6.45, 7) is 1.44. The minimum atomic E-state index is -0.130. The molecule has 3 nitrogen and oxygen atoms in total. The van der Waals surface area contributed by atoms with Gasteiger partial charge in [-0.2, -0.15) is 0 Å². The maximum Gasteiger partial charge on any atom is 0.238 e. The molecule has 66 valence electrons. The number of aromatic nitrogens is 1. The molecule has 0 fully saturated rings. The molecule has 5 heteroatoms. The summed E-state index contributed by atoms with van der Waals surface area (Å²) in [6.07, 6.45) is 0. The van der Waals surface area contributed by atoms with E-state index in [0.29, 0.717) is 10.3 Å². The van der Waals surface area contributed by atoms with Gasteiger partial charge in [0.15, 0.2) is 0 Å². The molecule has 0 unspecified atom stereocenters. The van der Waals surface area contributed by atoms with Crippen molar-refractivity contribution in [2.24, 2.45) is 0 Å². The smallest absolute Gasteiger partial charge is 0.238 e. The van der Waals surface area contributed by atoms with Crippen LogP contribution in [0, 0.1) is 0 Å². The molecule has 0 aliphatic rings. The summed E-state index contributed by atoms with van der Waals surface area (Å²) in [7, 11) is 1.60. The van der Waals surface area contributed by atoms with Crippen LogP contribution in [0.15, 0.2) is 12.1 Å². The van der Waals surface area contributed by atoms with Gasteiger partial charge in [0.05, 0.1) is 0 Å². The lowest BCUT2D eigenvalue weighted by Gasteiger charge is -2.18. The average molecular weight is 207 g/mol. The van der Waals surface area contributed by atoms with Crippen LogP contribution in [-0.2, 0) is 4.79 Å². The fraction of sp³-hybridized carbons (Fsp3) is 0.286. The van der Waals surface area contributed by atoms with Crippen molar-refractivity contribution in [2.45, 2.75) is 6.92 Å². The number of carbonyl (C=O) groups excluding carboxylic acids is 1. The first-order chi connectivity index (χ1) is 5.54. The van der Waals surface area contributed by atoms with Crippen molar-refractivity contribution in [3.8, 4) is 0 Å². The van der Waals surface area contributed by atoms with Crippen molar-refractivity contribution in [1.82, 2.24) is 4.68 Å². The van der Waals surface area contributed by atoms with Gasteiger partial charge in [-0.3, -0.25) is 9.80 Å². The monoisotopic (exact) mass is 206 g/mol. The average Bonchev–Trinajstić information content (AvgIpc) is 2.30. The molecule has 1 aromatic heterocycles. The van der Waals surface area contributed by atoms with Crippen molar-refractivity contribution in [3.05, 3.63) is 22.4 Å². The number of halogens is 2. The third-order valence-corrected chi connectivity index (χ3v) is 2.09. The number of rotatable bonds is 1. The molecule has 0 aromatic carbocycles. The largest absolute Gasteiger partial charge is 0.273 e. The van der Waals surface area contributed by atoms with Gasteiger partial charge in [-0.15, -0.1) is 0 Å². The number of nitrogens with zero attached hydrogens (tertiary/aromatic N) is 2. The summed E-state index contributed by atoms with van der Waals surface area (Å²) in [6, 6.07) is 3.26. The van der Waals surface area contributed by atoms with E-state index >= 15 is 0 Å². The topological polar surface area (TPSA) is 25.2 Å². The molecule has 0 radical (unpaired) electrons. The third kappa shape index (κ3) is 1.57. The van der Waals surface area contributed by atoms with Gasteiger partial charge >= 0.3 is 0 Å². The van der Waals surface area contributed by atoms with Crippen LogP contribution in [0.4, 0.5) is 0 Å². The molecule has 0 aliphatic heterocycles. The van der Waals surface area contributed by atoms with Crippen LogP contribution < -0.4 is 5.01 Å². The second-order valence-corrected chi connectivity index (χ2v) is 3.11. The molecule has 0 saturated carbocycles. The SMILES string of the molecule is CC(=O)N(C)n1c(Cl)ccc1Cl. The minimum Gasteiger partial charge on any atom is -0.273 e. The van der Waals surface area contributed by atoms with Crippen molar-refractivity contribution < 1.29 is 4.79 Å². The molecule has 1 amide bonds. The highest BCUT2D eigenvalue weighted by atomic mass is 35.5. The van der Waals surface area contributed by atoms with Gasteiger partial charge in [0, 0.05) is 14.0 Å². The molecule has 0 saturated heterocycles. The van der Waals surface area contributed by atoms with Gasteiger partial charge in [-0.25, -0.2) is 4.68 Å². The van der Waals surface area contributed by atoms with Crippen molar-refractivity contribution in [2.75, 3.05) is 12.1 Å². The first-order valence-electron chi connectivity index (χ1n) is 3.31. The summed E-state index contributed by atoms with van der Waals surface area (Å²) in [4.78, 5) is 10.9. The predicted octanol–water partition coefficient (Wildman–Crippen LogP) is 1.91. The molecule has 1 heterocycles. The molecule has 0 aliphatic carbocycles. The van der Waals surface area contributed by atoms with Gasteiger partial charge in [-0.05, 0) is 12.1 Å². The summed E-state index contributed by atoms with van der Waals surface area (Å²) in [5.74, 6) is -0.130. The van der Waals surface area contributed by atoms with E-state index in [-0.39, 0.29) is 5.91 Å². The Hall–Kier alpha value is -0.670. The van der Waals surface area contributed by atoms with Crippen LogP contribution in [0.3, 0.4) is 0 Å². The Balaban J connectivity index is 3.08. The van der Waals surface area contributed by atoms with Crippen LogP contribution in [0.2, 0.25) is 10.3 Å². The maximum absolute atomic E-state index is 10.9. The molecule has 12 heavy (non-hydrogen) atoms. The summed E-state index contributed by atoms with van der Waals surface area (Å²) < 4.78 is 1.42. The third-order valence-electron chi connectivity index (χ3n) is 1.52. The second kappa shape index (κ2) is 3.37. The fourth-order valence-electron chi connectivity index (χ4n) is 0.808. The number of hydrogen-bond acceptors (Lipinski definition) is 1. The second-order valence-electron chi connectivity index (χ2n) is 2.33. The van der Waals surface area contributed by atoms with E-state index in [1.165, 1.54) is 16.6 Å². The Kier molecular flexibility index (Phi) is 2.65. The van der Waals surface area contributed by atoms with E-state index in [9.17, 15) is 4.79 Å². The highest BCUT2D eigenvalue weighted by Gasteiger charge is 2.11. The number of carbonyl (C=O) groups is 1. The van der Waals surface area contributed by atoms with Crippen LogP contribution in [0.5, 0.6) is 0 Å². The van der Waals surface area contributed by atoms with Crippen LogP contribution >= 0.6 is 23.2 Å². The summed E-state index contributed by atoms with van der Waals surface area (Å²) in [5.41, 5.74) is 0. The van der Waals surface area contributed by atoms with Crippen LogP contribution in [0.1, 0.15) is 6.92 Å². The first kappa shape index (κ1) is 9.42. The lowest BCUT2D eigenvalue weighted by Crippen LogP contribution is -2.34. The van der Waals surface area contributed by atoms with Crippen molar-refractivity contribution in [1.29, 1.82) is 0 Å². The molecule has 1 rings (SSSR count). The van der Waals surface area contributed by atoms with Gasteiger partial charge in [0.2, 0.25) is 5.91 Å². The Morgan fingerprint density at radius 1 is 1.42 bits per heavy atom. The van der Waals surface area contributed by atoms with Gasteiger partial charge in [0.25, 0.3) is 0 Å². The van der Waals surface area contributed by atoms with E-state index in [0.717, 1.165) is 0 Å². The van der Waals surface area contributed by atoms with E-state index < -0.39 is 0 Å². The van der Waals surface area contributed by atoms with Gasteiger partial charge in [-0.1, -0.05) is 23.2 Å². The number of amides is 1. The molecule has 0 spiro atoms. The Morgan fingerprint density at radius 3 is 2.17 bits per heavy atom. The molecule has 0 N–H and O–H groups in total. The lowest BCUT2D eigenvalue weighted by molar-refractivity contribution is -0.117. The normalized spacial score (nSPS) is 10.0. The van der Waals surface area contributed by atoms with Crippen molar-refractivity contribution >= 4 is 29.1 Å². The van der Waals surface area contributed by atoms with Crippen molar-refractivity contribution in [3.63, 3.8) is 0 Å². The highest BCUT2D eigenvalue weighted by molar-refractivity contribution is 6.33. The zero-order chi connectivity index (χ0) is 9.30. The molecule has 0 bridgehead atoms. The van der Waals surface area contributed by atoms with Crippen LogP contribution in [-0.4, -0.2) is 17.6 Å². The fourth-order valence-corrected chi connectivity index (χ4v) is 1.39. The van der Waals surface area contributed by atoms with E-state index in [1.807, 2.05) is 0 Å². The quantitative estimate of drug-likeness (QED) is 0.690. The zero-order valence-electron chi connectivity index (χ0n) is 6.71. The zero-order valence-corrected chi connectivity index (χ0v) is 8.23. The Labute approximate surface area is 80.4 Å². The van der Waals surface area contributed by atoms with E-state index in [4.69, 9.17) is 23.2 Å². The highest BCUT2D eigenvalue weighted by Crippen LogP contribution is 2.18.